The number of nitrogens with two attached hydrogens (primary N) is 1. The summed E-state index contributed by atoms with van der Waals surface area (Å²) in [5.41, 5.74) is 1.21. The van der Waals surface area contributed by atoms with Crippen LogP contribution in [0.25, 0.3) is 0 Å². The molecule has 0 aromatic heterocycles. The van der Waals surface area contributed by atoms with Crippen LogP contribution >= 0.6 is 11.6 Å². The van der Waals surface area contributed by atoms with E-state index in [1.54, 1.807) is 0 Å². The van der Waals surface area contributed by atoms with Crippen molar-refractivity contribution in [2.75, 3.05) is 24.6 Å². The molecule has 4 heteroatoms. The van der Waals surface area contributed by atoms with Crippen molar-refractivity contribution < 1.29 is 4.84 Å². The molecule has 1 fully saturated rings. The summed E-state index contributed by atoms with van der Waals surface area (Å²) in [6.07, 6.45) is 2.26. The molecule has 0 bridgehead atoms. The van der Waals surface area contributed by atoms with E-state index in [4.69, 9.17) is 22.3 Å². The highest BCUT2D eigenvalue weighted by atomic mass is 35.5. The van der Waals surface area contributed by atoms with E-state index >= 15 is 0 Å². The third kappa shape index (κ3) is 2.88. The van der Waals surface area contributed by atoms with Gasteiger partial charge in [-0.25, -0.2) is 5.90 Å². The number of hydrogen-bond donors (Lipinski definition) is 1. The summed E-state index contributed by atoms with van der Waals surface area (Å²) in [5.74, 6) is 5.69. The molecule has 1 heterocycles. The second kappa shape index (κ2) is 5.53. The van der Waals surface area contributed by atoms with Gasteiger partial charge in [0.1, 0.15) is 0 Å². The van der Waals surface area contributed by atoms with Crippen LogP contribution in [0, 0.1) is 5.92 Å². The molecule has 1 aromatic carbocycles. The lowest BCUT2D eigenvalue weighted by Crippen LogP contribution is -2.35. The van der Waals surface area contributed by atoms with E-state index in [0.29, 0.717) is 12.5 Å². The second-order valence-electron chi connectivity index (χ2n) is 4.24. The Kier molecular flexibility index (Phi) is 4.04. The Balaban J connectivity index is 1.94. The Morgan fingerprint density at radius 1 is 1.38 bits per heavy atom. The molecule has 2 rings (SSSR count). The summed E-state index contributed by atoms with van der Waals surface area (Å²) in [5, 5.41) is 0.796. The fourth-order valence-corrected chi connectivity index (χ4v) is 2.35. The molecule has 0 radical (unpaired) electrons. The van der Waals surface area contributed by atoms with Gasteiger partial charge in [-0.3, -0.25) is 0 Å². The minimum absolute atomic E-state index is 0.598. The molecule has 0 amide bonds. The smallest absolute Gasteiger partial charge is 0.0708 e. The molecule has 0 aliphatic carbocycles. The van der Waals surface area contributed by atoms with E-state index in [9.17, 15) is 0 Å². The van der Waals surface area contributed by atoms with Gasteiger partial charge >= 0.3 is 0 Å². The molecule has 1 saturated heterocycles. The Hall–Kier alpha value is -0.770. The van der Waals surface area contributed by atoms with E-state index < -0.39 is 0 Å². The zero-order chi connectivity index (χ0) is 11.4. The maximum absolute atomic E-state index is 5.98. The third-order valence-electron chi connectivity index (χ3n) is 3.12. The quantitative estimate of drug-likeness (QED) is 0.825. The topological polar surface area (TPSA) is 38.5 Å². The predicted octanol–water partition coefficient (Wildman–Crippen LogP) is 2.45. The molecule has 0 atom stereocenters. The van der Waals surface area contributed by atoms with E-state index in [1.807, 2.05) is 18.2 Å². The Labute approximate surface area is 101 Å². The van der Waals surface area contributed by atoms with Crippen LogP contribution in [-0.4, -0.2) is 19.7 Å². The van der Waals surface area contributed by atoms with Crippen LogP contribution in [0.15, 0.2) is 24.3 Å². The molecule has 2 N–H and O–H groups in total. The van der Waals surface area contributed by atoms with Crippen molar-refractivity contribution in [2.45, 2.75) is 12.8 Å². The number of halogens is 1. The molecule has 16 heavy (non-hydrogen) atoms. The first-order valence-electron chi connectivity index (χ1n) is 5.62. The molecule has 0 unspecified atom stereocenters. The number of hydrogen-bond acceptors (Lipinski definition) is 3. The molecule has 1 aromatic rings. The van der Waals surface area contributed by atoms with E-state index in [-0.39, 0.29) is 0 Å². The standard InChI is InChI=1S/C12H17ClN2O/c13-11-2-1-3-12(8-11)15-6-4-10(5-7-15)9-16-14/h1-3,8,10H,4-7,9,14H2. The molecule has 88 valence electrons. The van der Waals surface area contributed by atoms with E-state index in [2.05, 4.69) is 11.0 Å². The third-order valence-corrected chi connectivity index (χ3v) is 3.35. The van der Waals surface area contributed by atoms with Crippen LogP contribution in [0.4, 0.5) is 5.69 Å². The van der Waals surface area contributed by atoms with Crippen molar-refractivity contribution in [2.24, 2.45) is 11.8 Å². The number of piperidine rings is 1. The first-order chi connectivity index (χ1) is 7.79. The van der Waals surface area contributed by atoms with Crippen LogP contribution < -0.4 is 10.8 Å². The fraction of sp³-hybridized carbons (Fsp3) is 0.500. The van der Waals surface area contributed by atoms with Gasteiger partial charge in [0.15, 0.2) is 0 Å². The Morgan fingerprint density at radius 3 is 2.75 bits per heavy atom. The van der Waals surface area contributed by atoms with Gasteiger partial charge in [-0.05, 0) is 37.0 Å². The van der Waals surface area contributed by atoms with Crippen LogP contribution in [0.1, 0.15) is 12.8 Å². The molecule has 0 spiro atoms. The summed E-state index contributed by atoms with van der Waals surface area (Å²) in [7, 11) is 0. The number of rotatable bonds is 3. The molecule has 3 nitrogen and oxygen atoms in total. The highest BCUT2D eigenvalue weighted by Gasteiger charge is 2.19. The van der Waals surface area contributed by atoms with Gasteiger partial charge in [0.2, 0.25) is 0 Å². The largest absolute Gasteiger partial charge is 0.371 e. The second-order valence-corrected chi connectivity index (χ2v) is 4.68. The average molecular weight is 241 g/mol. The predicted molar refractivity (Wildman–Crippen MR) is 66.5 cm³/mol. The van der Waals surface area contributed by atoms with Crippen LogP contribution in [0.3, 0.4) is 0 Å². The molecular weight excluding hydrogens is 224 g/mol. The maximum Gasteiger partial charge on any atom is 0.0708 e. The lowest BCUT2D eigenvalue weighted by molar-refractivity contribution is 0.0918. The fourth-order valence-electron chi connectivity index (χ4n) is 2.17. The lowest BCUT2D eigenvalue weighted by Gasteiger charge is -2.33. The normalized spacial score (nSPS) is 17.8. The van der Waals surface area contributed by atoms with Gasteiger partial charge in [0, 0.05) is 23.8 Å². The van der Waals surface area contributed by atoms with Crippen molar-refractivity contribution in [3.05, 3.63) is 29.3 Å². The van der Waals surface area contributed by atoms with Gasteiger partial charge < -0.3 is 9.74 Å². The molecule has 0 saturated carbocycles. The summed E-state index contributed by atoms with van der Waals surface area (Å²) in [4.78, 5) is 7.06. The van der Waals surface area contributed by atoms with Gasteiger partial charge in [-0.15, -0.1) is 0 Å². The molecular formula is C12H17ClN2O. The van der Waals surface area contributed by atoms with Crippen LogP contribution in [0.2, 0.25) is 5.02 Å². The first kappa shape index (κ1) is 11.7. The van der Waals surface area contributed by atoms with Gasteiger partial charge in [-0.1, -0.05) is 17.7 Å². The maximum atomic E-state index is 5.98. The van der Waals surface area contributed by atoms with Crippen molar-refractivity contribution >= 4 is 17.3 Å². The van der Waals surface area contributed by atoms with Crippen molar-refractivity contribution in [1.82, 2.24) is 0 Å². The highest BCUT2D eigenvalue weighted by molar-refractivity contribution is 6.30. The number of benzene rings is 1. The number of nitrogens with zero attached hydrogens (tertiary/aromatic N) is 1. The van der Waals surface area contributed by atoms with Crippen LogP contribution in [-0.2, 0) is 4.84 Å². The van der Waals surface area contributed by atoms with Crippen molar-refractivity contribution in [3.63, 3.8) is 0 Å². The van der Waals surface area contributed by atoms with Gasteiger partial charge in [-0.2, -0.15) is 0 Å². The first-order valence-corrected chi connectivity index (χ1v) is 5.99. The van der Waals surface area contributed by atoms with Crippen LogP contribution in [0.5, 0.6) is 0 Å². The minimum atomic E-state index is 0.598. The highest BCUT2D eigenvalue weighted by Crippen LogP contribution is 2.25. The zero-order valence-electron chi connectivity index (χ0n) is 9.23. The Morgan fingerprint density at radius 2 is 2.12 bits per heavy atom. The SMILES string of the molecule is NOCC1CCN(c2cccc(Cl)c2)CC1. The minimum Gasteiger partial charge on any atom is -0.371 e. The molecule has 1 aliphatic rings. The van der Waals surface area contributed by atoms with E-state index in [0.717, 1.165) is 31.0 Å². The summed E-state index contributed by atoms with van der Waals surface area (Å²) in [6, 6.07) is 8.01. The Bertz CT molecular complexity index is 338. The summed E-state index contributed by atoms with van der Waals surface area (Å²) < 4.78 is 0. The molecule has 1 aliphatic heterocycles. The van der Waals surface area contributed by atoms with Crippen molar-refractivity contribution in [3.8, 4) is 0 Å². The zero-order valence-corrected chi connectivity index (χ0v) is 9.99. The monoisotopic (exact) mass is 240 g/mol. The van der Waals surface area contributed by atoms with E-state index in [1.165, 1.54) is 5.69 Å². The number of anilines is 1. The van der Waals surface area contributed by atoms with Gasteiger partial charge in [0.25, 0.3) is 0 Å². The average Bonchev–Trinajstić information content (AvgIpc) is 2.30. The lowest BCUT2D eigenvalue weighted by atomic mass is 9.97. The van der Waals surface area contributed by atoms with Gasteiger partial charge in [0.05, 0.1) is 6.61 Å². The van der Waals surface area contributed by atoms with Crippen molar-refractivity contribution in [1.29, 1.82) is 0 Å². The summed E-state index contributed by atoms with van der Waals surface area (Å²) in [6.45, 7) is 2.77. The summed E-state index contributed by atoms with van der Waals surface area (Å²) >= 11 is 5.98.